The number of nitrogens with zero attached hydrogens (tertiary/aromatic N) is 1. The summed E-state index contributed by atoms with van der Waals surface area (Å²) in [5.41, 5.74) is 1.55. The molecule has 2 aromatic carbocycles. The third kappa shape index (κ3) is 7.49. The van der Waals surface area contributed by atoms with Crippen LogP contribution in [-0.2, 0) is 15.7 Å². The van der Waals surface area contributed by atoms with Crippen molar-refractivity contribution in [3.05, 3.63) is 46.8 Å². The molecule has 1 aromatic heterocycles. The van der Waals surface area contributed by atoms with E-state index in [0.717, 1.165) is 62.4 Å². The summed E-state index contributed by atoms with van der Waals surface area (Å²) in [5, 5.41) is 7.43. The second-order valence-electron chi connectivity index (χ2n) is 13.0. The van der Waals surface area contributed by atoms with Crippen molar-refractivity contribution in [1.29, 1.82) is 0 Å². The smallest absolute Gasteiger partial charge is 0.393 e. The summed E-state index contributed by atoms with van der Waals surface area (Å²) in [6.45, 7) is 3.90. The zero-order valence-corrected chi connectivity index (χ0v) is 27.4. The Morgan fingerprint density at radius 1 is 1.11 bits per heavy atom. The van der Waals surface area contributed by atoms with Crippen LogP contribution >= 0.6 is 18.5 Å². The molecule has 3 heterocycles. The normalized spacial score (nSPS) is 21.4. The van der Waals surface area contributed by atoms with Gasteiger partial charge in [-0.3, -0.25) is 4.90 Å². The summed E-state index contributed by atoms with van der Waals surface area (Å²) in [6.07, 6.45) is -1.38. The van der Waals surface area contributed by atoms with Crippen molar-refractivity contribution in [2.24, 2.45) is 5.41 Å². The van der Waals surface area contributed by atoms with Crippen molar-refractivity contribution in [2.75, 3.05) is 56.8 Å². The fraction of sp³-hybridized carbons (Fsp3) is 0.515. The average molecular weight is 682 g/mol. The first-order valence-electron chi connectivity index (χ1n) is 15.4. The third-order valence-corrected chi connectivity index (χ3v) is 11.8. The van der Waals surface area contributed by atoms with E-state index in [0.29, 0.717) is 27.0 Å². The largest absolute Gasteiger partial charge is 0.433 e. The van der Waals surface area contributed by atoms with Gasteiger partial charge in [0.15, 0.2) is 0 Å². The van der Waals surface area contributed by atoms with Crippen LogP contribution in [0.3, 0.4) is 0 Å². The molecule has 1 spiro atoms. The maximum Gasteiger partial charge on any atom is 0.393 e. The standard InChI is InChI=1S/C33H37F5N3O3PS/c1-45(2,42)23-12-13-26(28(15-23)44-31(34)35)39-14-4-7-29-25(16-33(36,37)38)24-5-3-6-27(30(24)46-29)40-21-8-10-22(11-9-21)41-17-32(18-41)19-43-20-32/h3,5-6,12-13,15,21-22,31,39-40H,8-11,14,16-20H2,1-2H3. The number of hydrogen-bond acceptors (Lipinski definition) is 7. The Morgan fingerprint density at radius 2 is 1.85 bits per heavy atom. The number of halogens is 5. The molecule has 6 nitrogen and oxygen atoms in total. The Morgan fingerprint density at radius 3 is 2.48 bits per heavy atom. The molecule has 13 heteroatoms. The lowest BCUT2D eigenvalue weighted by atomic mass is 9.75. The number of fused-ring (bicyclic) bond motifs is 1. The highest BCUT2D eigenvalue weighted by Gasteiger charge is 2.50. The SMILES string of the molecule is CP(C)(=O)c1ccc(NCC#Cc2sc3c(NC4CCC(N5CC6(COC6)C5)CC4)cccc3c2CC(F)(F)F)c(OC(F)F)c1. The van der Waals surface area contributed by atoms with Gasteiger partial charge in [-0.25, -0.2) is 0 Å². The number of thiophene rings is 1. The fourth-order valence-electron chi connectivity index (χ4n) is 6.66. The van der Waals surface area contributed by atoms with E-state index < -0.39 is 26.4 Å². The van der Waals surface area contributed by atoms with Crippen molar-refractivity contribution in [2.45, 2.75) is 57.0 Å². The molecule has 0 amide bonds. The predicted molar refractivity (Wildman–Crippen MR) is 174 cm³/mol. The Kier molecular flexibility index (Phi) is 9.34. The Bertz CT molecular complexity index is 1680. The molecule has 248 valence electrons. The molecule has 2 saturated heterocycles. The summed E-state index contributed by atoms with van der Waals surface area (Å²) >= 11 is 1.23. The minimum atomic E-state index is -4.42. The number of rotatable bonds is 9. The van der Waals surface area contributed by atoms with Crippen LogP contribution in [0.15, 0.2) is 36.4 Å². The molecule has 3 fully saturated rings. The molecule has 3 aliphatic rings. The molecule has 1 aliphatic carbocycles. The molecule has 46 heavy (non-hydrogen) atoms. The number of nitrogens with one attached hydrogen (secondary N) is 2. The van der Waals surface area contributed by atoms with E-state index in [1.54, 1.807) is 18.2 Å². The number of alkyl halides is 5. The van der Waals surface area contributed by atoms with Crippen LogP contribution < -0.4 is 20.7 Å². The molecule has 2 aliphatic heterocycles. The van der Waals surface area contributed by atoms with Crippen molar-refractivity contribution in [3.8, 4) is 17.6 Å². The van der Waals surface area contributed by atoms with E-state index in [9.17, 15) is 26.5 Å². The quantitative estimate of drug-likeness (QED) is 0.140. The molecule has 0 radical (unpaired) electrons. The van der Waals surface area contributed by atoms with Gasteiger partial charge in [-0.15, -0.1) is 11.3 Å². The zero-order valence-electron chi connectivity index (χ0n) is 25.7. The maximum atomic E-state index is 13.7. The fourth-order valence-corrected chi connectivity index (χ4v) is 8.70. The topological polar surface area (TPSA) is 62.8 Å². The van der Waals surface area contributed by atoms with Crippen molar-refractivity contribution >= 4 is 45.2 Å². The summed E-state index contributed by atoms with van der Waals surface area (Å²) in [7, 11) is -2.73. The van der Waals surface area contributed by atoms with Gasteiger partial charge in [0.2, 0.25) is 0 Å². The summed E-state index contributed by atoms with van der Waals surface area (Å²) in [4.78, 5) is 2.88. The lowest BCUT2D eigenvalue weighted by Gasteiger charge is -2.58. The number of ether oxygens (including phenoxy) is 2. The number of hydrogen-bond donors (Lipinski definition) is 2. The zero-order chi connectivity index (χ0) is 32.7. The lowest BCUT2D eigenvalue weighted by molar-refractivity contribution is -0.200. The van der Waals surface area contributed by atoms with Gasteiger partial charge in [0.05, 0.1) is 47.1 Å². The van der Waals surface area contributed by atoms with Crippen LogP contribution in [0, 0.1) is 17.3 Å². The average Bonchev–Trinajstić information content (AvgIpc) is 3.27. The monoisotopic (exact) mass is 681 g/mol. The minimum Gasteiger partial charge on any atom is -0.433 e. The van der Waals surface area contributed by atoms with Gasteiger partial charge in [0.1, 0.15) is 12.9 Å². The van der Waals surface area contributed by atoms with E-state index in [1.807, 2.05) is 6.07 Å². The molecule has 0 atom stereocenters. The van der Waals surface area contributed by atoms with E-state index in [1.165, 1.54) is 36.8 Å². The number of benzene rings is 2. The second-order valence-corrected chi connectivity index (χ2v) is 17.2. The highest BCUT2D eigenvalue weighted by molar-refractivity contribution is 7.70. The van der Waals surface area contributed by atoms with Crippen LogP contribution in [0.2, 0.25) is 0 Å². The Balaban J connectivity index is 1.16. The van der Waals surface area contributed by atoms with Crippen LogP contribution in [0.4, 0.5) is 33.3 Å². The third-order valence-electron chi connectivity index (χ3n) is 9.03. The molecule has 0 unspecified atom stereocenters. The van der Waals surface area contributed by atoms with Crippen LogP contribution in [-0.4, -0.2) is 75.9 Å². The van der Waals surface area contributed by atoms with Gasteiger partial charge in [-0.2, -0.15) is 22.0 Å². The van der Waals surface area contributed by atoms with Gasteiger partial charge in [-0.1, -0.05) is 24.0 Å². The summed E-state index contributed by atoms with van der Waals surface area (Å²) in [5.74, 6) is 5.58. The van der Waals surface area contributed by atoms with Gasteiger partial charge in [-0.05, 0) is 74.2 Å². The molecular weight excluding hydrogens is 644 g/mol. The van der Waals surface area contributed by atoms with Crippen molar-refractivity contribution in [1.82, 2.24) is 4.90 Å². The van der Waals surface area contributed by atoms with E-state index in [-0.39, 0.29) is 29.6 Å². The maximum absolute atomic E-state index is 13.7. The Labute approximate surface area is 269 Å². The van der Waals surface area contributed by atoms with E-state index >= 15 is 0 Å². The minimum absolute atomic E-state index is 0.0337. The summed E-state index contributed by atoms with van der Waals surface area (Å²) in [6, 6.07) is 10.6. The molecule has 3 aromatic rings. The first-order chi connectivity index (χ1) is 21.8. The molecule has 1 saturated carbocycles. The first kappa shape index (κ1) is 33.1. The van der Waals surface area contributed by atoms with Gasteiger partial charge < -0.3 is 24.7 Å². The van der Waals surface area contributed by atoms with E-state index in [2.05, 4.69) is 32.1 Å². The molecular formula is C33H37F5N3O3PS. The van der Waals surface area contributed by atoms with Gasteiger partial charge in [0, 0.05) is 35.9 Å². The second kappa shape index (κ2) is 13.0. The predicted octanol–water partition coefficient (Wildman–Crippen LogP) is 7.37. The highest BCUT2D eigenvalue weighted by Crippen LogP contribution is 2.43. The molecule has 6 rings (SSSR count). The van der Waals surface area contributed by atoms with E-state index in [4.69, 9.17) is 4.74 Å². The van der Waals surface area contributed by atoms with Crippen molar-refractivity contribution in [3.63, 3.8) is 0 Å². The molecule has 0 bridgehead atoms. The number of anilines is 2. The number of likely N-dealkylation sites (tertiary alicyclic amines) is 1. The first-order valence-corrected chi connectivity index (χ1v) is 18.8. The van der Waals surface area contributed by atoms with Crippen LogP contribution in [0.5, 0.6) is 5.75 Å². The van der Waals surface area contributed by atoms with Crippen LogP contribution in [0.1, 0.15) is 36.1 Å². The van der Waals surface area contributed by atoms with Gasteiger partial charge >= 0.3 is 12.8 Å². The van der Waals surface area contributed by atoms with Crippen LogP contribution in [0.25, 0.3) is 10.1 Å². The Hall–Kier alpha value is -2.84. The lowest BCUT2D eigenvalue weighted by Crippen LogP contribution is -2.68. The summed E-state index contributed by atoms with van der Waals surface area (Å²) < 4.78 is 90.4. The highest BCUT2D eigenvalue weighted by atomic mass is 32.1. The molecule has 2 N–H and O–H groups in total. The van der Waals surface area contributed by atoms with Gasteiger partial charge in [0.25, 0.3) is 0 Å². The van der Waals surface area contributed by atoms with Crippen molar-refractivity contribution < 1.29 is 36.0 Å².